The summed E-state index contributed by atoms with van der Waals surface area (Å²) in [5.74, 6) is 0.471. The molecule has 2 aromatic carbocycles. The maximum Gasteiger partial charge on any atom is 0.146 e. The Morgan fingerprint density at radius 1 is 1.19 bits per heavy atom. The Morgan fingerprint density at radius 3 is 2.38 bits per heavy atom. The van der Waals surface area contributed by atoms with Crippen LogP contribution in [0.2, 0.25) is 0 Å². The van der Waals surface area contributed by atoms with Crippen molar-refractivity contribution in [2.75, 3.05) is 19.1 Å². The molecule has 0 spiro atoms. The molecule has 1 N–H and O–H groups in total. The van der Waals surface area contributed by atoms with E-state index in [1.165, 1.54) is 6.07 Å². The topological polar surface area (TPSA) is 32.7 Å². The highest BCUT2D eigenvalue weighted by molar-refractivity contribution is 5.49. The van der Waals surface area contributed by atoms with Crippen LogP contribution in [-0.4, -0.2) is 19.3 Å². The molecule has 4 heteroatoms. The minimum Gasteiger partial charge on any atom is -0.497 e. The molecule has 0 saturated heterocycles. The number of nitrogens with zero attached hydrogens (tertiary/aromatic N) is 1. The van der Waals surface area contributed by atoms with Gasteiger partial charge in [0.1, 0.15) is 11.6 Å². The number of ether oxygens (including phenoxy) is 1. The minimum atomic E-state index is -0.666. The van der Waals surface area contributed by atoms with Gasteiger partial charge in [0, 0.05) is 13.6 Å². The average Bonchev–Trinajstić information content (AvgIpc) is 2.47. The zero-order chi connectivity index (χ0) is 15.4. The van der Waals surface area contributed by atoms with Crippen molar-refractivity contribution in [1.82, 2.24) is 0 Å². The molecule has 3 nitrogen and oxygen atoms in total. The number of hydrogen-bond acceptors (Lipinski definition) is 3. The van der Waals surface area contributed by atoms with Crippen molar-refractivity contribution in [3.05, 3.63) is 59.4 Å². The Morgan fingerprint density at radius 2 is 1.86 bits per heavy atom. The summed E-state index contributed by atoms with van der Waals surface area (Å²) in [5.41, 5.74) is 2.15. The van der Waals surface area contributed by atoms with E-state index in [1.807, 2.05) is 36.2 Å². The van der Waals surface area contributed by atoms with E-state index in [2.05, 4.69) is 0 Å². The normalized spacial score (nSPS) is 12.0. The molecule has 0 bridgehead atoms. The number of hydrogen-bond donors (Lipinski definition) is 1. The zero-order valence-electron chi connectivity index (χ0n) is 12.5. The van der Waals surface area contributed by atoms with Crippen LogP contribution in [0.1, 0.15) is 24.2 Å². The van der Waals surface area contributed by atoms with E-state index in [9.17, 15) is 9.50 Å². The number of rotatable bonds is 5. The summed E-state index contributed by atoms with van der Waals surface area (Å²) in [4.78, 5) is 1.84. The van der Waals surface area contributed by atoms with Gasteiger partial charge in [-0.1, -0.05) is 18.2 Å². The van der Waals surface area contributed by atoms with Gasteiger partial charge in [-0.3, -0.25) is 0 Å². The summed E-state index contributed by atoms with van der Waals surface area (Å²) in [5, 5.41) is 9.47. The summed E-state index contributed by atoms with van der Waals surface area (Å²) >= 11 is 0. The van der Waals surface area contributed by atoms with Crippen molar-refractivity contribution in [2.45, 2.75) is 19.6 Å². The fourth-order valence-corrected chi connectivity index (χ4v) is 2.18. The molecule has 2 aromatic rings. The summed E-state index contributed by atoms with van der Waals surface area (Å²) in [6, 6.07) is 12.5. The van der Waals surface area contributed by atoms with Crippen LogP contribution in [0, 0.1) is 5.82 Å². The quantitative estimate of drug-likeness (QED) is 0.914. The van der Waals surface area contributed by atoms with E-state index in [4.69, 9.17) is 4.74 Å². The Bertz CT molecular complexity index is 596. The van der Waals surface area contributed by atoms with Gasteiger partial charge in [-0.2, -0.15) is 0 Å². The van der Waals surface area contributed by atoms with Crippen LogP contribution >= 0.6 is 0 Å². The lowest BCUT2D eigenvalue weighted by Crippen LogP contribution is -2.17. The highest BCUT2D eigenvalue weighted by Crippen LogP contribution is 2.24. The third kappa shape index (κ3) is 3.73. The van der Waals surface area contributed by atoms with Crippen LogP contribution in [0.5, 0.6) is 5.75 Å². The fourth-order valence-electron chi connectivity index (χ4n) is 2.18. The van der Waals surface area contributed by atoms with Gasteiger partial charge in [0.2, 0.25) is 0 Å². The molecule has 0 heterocycles. The van der Waals surface area contributed by atoms with Crippen LogP contribution in [-0.2, 0) is 6.54 Å². The van der Waals surface area contributed by atoms with Crippen LogP contribution in [0.25, 0.3) is 0 Å². The molecule has 0 fully saturated rings. The molecule has 0 amide bonds. The van der Waals surface area contributed by atoms with Gasteiger partial charge in [-0.15, -0.1) is 0 Å². The van der Waals surface area contributed by atoms with Gasteiger partial charge in [0.25, 0.3) is 0 Å². The monoisotopic (exact) mass is 289 g/mol. The first-order chi connectivity index (χ1) is 10.0. The predicted octanol–water partition coefficient (Wildman–Crippen LogP) is 3.52. The second-order valence-corrected chi connectivity index (χ2v) is 5.09. The lowest BCUT2D eigenvalue weighted by molar-refractivity contribution is 0.199. The highest BCUT2D eigenvalue weighted by Gasteiger charge is 2.11. The van der Waals surface area contributed by atoms with Crippen molar-refractivity contribution in [1.29, 1.82) is 0 Å². The third-order valence-corrected chi connectivity index (χ3v) is 3.44. The largest absolute Gasteiger partial charge is 0.497 e. The molecule has 1 atom stereocenters. The van der Waals surface area contributed by atoms with Gasteiger partial charge in [-0.05, 0) is 42.3 Å². The molecule has 2 rings (SSSR count). The summed E-state index contributed by atoms with van der Waals surface area (Å²) in [7, 11) is 3.46. The van der Waals surface area contributed by atoms with E-state index in [0.717, 1.165) is 11.3 Å². The number of anilines is 1. The first-order valence-electron chi connectivity index (χ1n) is 6.83. The molecule has 0 aliphatic heterocycles. The maximum atomic E-state index is 14.1. The van der Waals surface area contributed by atoms with E-state index in [1.54, 1.807) is 26.2 Å². The van der Waals surface area contributed by atoms with Gasteiger partial charge < -0.3 is 14.7 Å². The Balaban J connectivity index is 2.13. The van der Waals surface area contributed by atoms with Crippen molar-refractivity contribution in [2.24, 2.45) is 0 Å². The number of methoxy groups -OCH3 is 1. The van der Waals surface area contributed by atoms with E-state index in [0.29, 0.717) is 17.8 Å². The van der Waals surface area contributed by atoms with Crippen LogP contribution < -0.4 is 9.64 Å². The standard InChI is InChI=1S/C17H20FNO2/c1-12(20)14-6-9-17(16(18)10-14)19(2)11-13-4-7-15(21-3)8-5-13/h4-10,12,20H,11H2,1-3H3. The second-order valence-electron chi connectivity index (χ2n) is 5.09. The average molecular weight is 289 g/mol. The Kier molecular flexibility index (Phi) is 4.81. The molecule has 21 heavy (non-hydrogen) atoms. The van der Waals surface area contributed by atoms with Gasteiger partial charge in [0.05, 0.1) is 18.9 Å². The molecule has 112 valence electrons. The minimum absolute atomic E-state index is 0.329. The molecule has 1 unspecified atom stereocenters. The zero-order valence-corrected chi connectivity index (χ0v) is 12.5. The van der Waals surface area contributed by atoms with Gasteiger partial charge in [0.15, 0.2) is 0 Å². The molecular weight excluding hydrogens is 269 g/mol. The predicted molar refractivity (Wildman–Crippen MR) is 82.1 cm³/mol. The second kappa shape index (κ2) is 6.59. The summed E-state index contributed by atoms with van der Waals surface area (Å²) in [6.45, 7) is 2.21. The molecule has 0 aromatic heterocycles. The van der Waals surface area contributed by atoms with E-state index in [-0.39, 0.29) is 5.82 Å². The number of benzene rings is 2. The molecule has 0 aliphatic rings. The molecule has 0 aliphatic carbocycles. The molecule has 0 radical (unpaired) electrons. The van der Waals surface area contributed by atoms with E-state index < -0.39 is 6.10 Å². The first-order valence-corrected chi connectivity index (χ1v) is 6.83. The Labute approximate surface area is 124 Å². The SMILES string of the molecule is COc1ccc(CN(C)c2ccc(C(C)O)cc2F)cc1. The summed E-state index contributed by atoms with van der Waals surface area (Å²) < 4.78 is 19.2. The van der Waals surface area contributed by atoms with Crippen molar-refractivity contribution in [3.63, 3.8) is 0 Å². The lowest BCUT2D eigenvalue weighted by atomic mass is 10.1. The smallest absolute Gasteiger partial charge is 0.146 e. The van der Waals surface area contributed by atoms with E-state index >= 15 is 0 Å². The van der Waals surface area contributed by atoms with Gasteiger partial charge >= 0.3 is 0 Å². The Hall–Kier alpha value is -2.07. The lowest BCUT2D eigenvalue weighted by Gasteiger charge is -2.21. The van der Waals surface area contributed by atoms with Crippen molar-refractivity contribution < 1.29 is 14.2 Å². The molecular formula is C17H20FNO2. The highest BCUT2D eigenvalue weighted by atomic mass is 19.1. The van der Waals surface area contributed by atoms with Crippen molar-refractivity contribution in [3.8, 4) is 5.75 Å². The van der Waals surface area contributed by atoms with Crippen molar-refractivity contribution >= 4 is 5.69 Å². The number of aliphatic hydroxyl groups excluding tert-OH is 1. The third-order valence-electron chi connectivity index (χ3n) is 3.44. The number of aliphatic hydroxyl groups is 1. The fraction of sp³-hybridized carbons (Fsp3) is 0.294. The summed E-state index contributed by atoms with van der Waals surface area (Å²) in [6.07, 6.45) is -0.666. The first kappa shape index (κ1) is 15.3. The van der Waals surface area contributed by atoms with Gasteiger partial charge in [-0.25, -0.2) is 4.39 Å². The van der Waals surface area contributed by atoms with Crippen LogP contribution in [0.3, 0.4) is 0 Å². The maximum absolute atomic E-state index is 14.1. The molecule has 0 saturated carbocycles. The number of halogens is 1. The van der Waals surface area contributed by atoms with Crippen LogP contribution in [0.15, 0.2) is 42.5 Å². The van der Waals surface area contributed by atoms with Crippen LogP contribution in [0.4, 0.5) is 10.1 Å².